The van der Waals surface area contributed by atoms with Crippen molar-refractivity contribution < 1.29 is 0 Å². The molecule has 0 radical (unpaired) electrons. The van der Waals surface area contributed by atoms with E-state index >= 15 is 0 Å². The van der Waals surface area contributed by atoms with Gasteiger partial charge in [0.15, 0.2) is 0 Å². The molecule has 0 aliphatic rings. The molecule has 0 aliphatic carbocycles. The van der Waals surface area contributed by atoms with E-state index in [-0.39, 0.29) is 0 Å². The van der Waals surface area contributed by atoms with E-state index in [4.69, 9.17) is 23.2 Å². The van der Waals surface area contributed by atoms with Gasteiger partial charge in [-0.3, -0.25) is 4.98 Å². The van der Waals surface area contributed by atoms with Crippen LogP contribution in [-0.4, -0.2) is 18.1 Å². The Morgan fingerprint density at radius 2 is 1.89 bits per heavy atom. The average molecular weight is 295 g/mol. The first kappa shape index (κ1) is 14.3. The Balaban J connectivity index is 1.69. The van der Waals surface area contributed by atoms with Gasteiger partial charge in [-0.15, -0.1) is 0 Å². The summed E-state index contributed by atoms with van der Waals surface area (Å²) in [7, 11) is 0. The fraction of sp³-hybridized carbons (Fsp3) is 0.267. The molecule has 0 saturated heterocycles. The number of hydrogen-bond donors (Lipinski definition) is 1. The zero-order valence-corrected chi connectivity index (χ0v) is 12.1. The highest BCUT2D eigenvalue weighted by atomic mass is 35.5. The van der Waals surface area contributed by atoms with Crippen molar-refractivity contribution in [2.45, 2.75) is 12.8 Å². The highest BCUT2D eigenvalue weighted by molar-refractivity contribution is 6.35. The molecule has 1 N–H and O–H groups in total. The van der Waals surface area contributed by atoms with Gasteiger partial charge in [-0.05, 0) is 55.3 Å². The lowest BCUT2D eigenvalue weighted by Crippen LogP contribution is -2.20. The summed E-state index contributed by atoms with van der Waals surface area (Å²) in [6, 6.07) is 9.69. The number of rotatable bonds is 6. The maximum absolute atomic E-state index is 6.12. The molecule has 0 amide bonds. The molecule has 0 aliphatic heterocycles. The third kappa shape index (κ3) is 4.83. The average Bonchev–Trinajstić information content (AvgIpc) is 2.42. The summed E-state index contributed by atoms with van der Waals surface area (Å²) in [6.07, 6.45) is 5.59. The van der Waals surface area contributed by atoms with Gasteiger partial charge in [-0.1, -0.05) is 35.3 Å². The lowest BCUT2D eigenvalue weighted by atomic mass is 10.1. The fourth-order valence-electron chi connectivity index (χ4n) is 1.85. The van der Waals surface area contributed by atoms with Crippen LogP contribution in [-0.2, 0) is 12.8 Å². The molecule has 0 saturated carbocycles. The molecule has 0 bridgehead atoms. The van der Waals surface area contributed by atoms with E-state index in [9.17, 15) is 0 Å². The first-order valence-electron chi connectivity index (χ1n) is 6.29. The smallest absolute Gasteiger partial charge is 0.0453 e. The number of pyridine rings is 1. The highest BCUT2D eigenvalue weighted by Crippen LogP contribution is 2.20. The van der Waals surface area contributed by atoms with Gasteiger partial charge >= 0.3 is 0 Å². The molecule has 0 spiro atoms. The first-order valence-corrected chi connectivity index (χ1v) is 7.05. The minimum absolute atomic E-state index is 0.679. The van der Waals surface area contributed by atoms with Crippen molar-refractivity contribution in [2.75, 3.05) is 13.1 Å². The van der Waals surface area contributed by atoms with Crippen LogP contribution in [0.4, 0.5) is 0 Å². The van der Waals surface area contributed by atoms with Crippen LogP contribution in [0.3, 0.4) is 0 Å². The van der Waals surface area contributed by atoms with Crippen molar-refractivity contribution in [3.05, 3.63) is 63.9 Å². The second-order valence-electron chi connectivity index (χ2n) is 4.35. The molecule has 4 heteroatoms. The Bertz CT molecular complexity index is 515. The van der Waals surface area contributed by atoms with E-state index in [1.54, 1.807) is 12.3 Å². The summed E-state index contributed by atoms with van der Waals surface area (Å²) in [5.74, 6) is 0. The molecule has 19 heavy (non-hydrogen) atoms. The summed E-state index contributed by atoms with van der Waals surface area (Å²) in [5.41, 5.74) is 2.37. The van der Waals surface area contributed by atoms with E-state index in [1.165, 1.54) is 5.56 Å². The zero-order chi connectivity index (χ0) is 13.5. The van der Waals surface area contributed by atoms with Crippen molar-refractivity contribution in [3.8, 4) is 0 Å². The molecule has 0 atom stereocenters. The third-order valence-electron chi connectivity index (χ3n) is 2.90. The molecule has 0 unspecified atom stereocenters. The third-order valence-corrected chi connectivity index (χ3v) is 3.49. The number of benzene rings is 1. The van der Waals surface area contributed by atoms with E-state index in [0.29, 0.717) is 5.02 Å². The molecule has 2 aromatic rings. The molecular weight excluding hydrogens is 279 g/mol. The van der Waals surface area contributed by atoms with Crippen LogP contribution in [0.1, 0.15) is 11.1 Å². The Morgan fingerprint density at radius 1 is 1.05 bits per heavy atom. The predicted octanol–water partition coefficient (Wildman–Crippen LogP) is 3.76. The van der Waals surface area contributed by atoms with Crippen LogP contribution in [0, 0.1) is 0 Å². The quantitative estimate of drug-likeness (QED) is 0.821. The molecule has 1 heterocycles. The van der Waals surface area contributed by atoms with E-state index in [2.05, 4.69) is 16.4 Å². The minimum Gasteiger partial charge on any atom is -0.316 e. The van der Waals surface area contributed by atoms with E-state index in [1.807, 2.05) is 24.4 Å². The minimum atomic E-state index is 0.679. The number of nitrogens with one attached hydrogen (secondary N) is 1. The summed E-state index contributed by atoms with van der Waals surface area (Å²) in [5, 5.41) is 4.82. The van der Waals surface area contributed by atoms with Gasteiger partial charge in [0.25, 0.3) is 0 Å². The van der Waals surface area contributed by atoms with E-state index < -0.39 is 0 Å². The largest absolute Gasteiger partial charge is 0.316 e. The van der Waals surface area contributed by atoms with Crippen LogP contribution in [0.15, 0.2) is 42.7 Å². The van der Waals surface area contributed by atoms with Crippen molar-refractivity contribution in [1.29, 1.82) is 0 Å². The van der Waals surface area contributed by atoms with Crippen LogP contribution in [0.2, 0.25) is 10.0 Å². The number of aromatic nitrogens is 1. The van der Waals surface area contributed by atoms with Gasteiger partial charge < -0.3 is 5.32 Å². The molecule has 1 aromatic carbocycles. The van der Waals surface area contributed by atoms with Crippen molar-refractivity contribution >= 4 is 23.2 Å². The zero-order valence-electron chi connectivity index (χ0n) is 10.6. The standard InChI is InChI=1S/C15H16Cl2N2/c16-14-4-3-13(15(17)10-14)6-9-18-8-5-12-2-1-7-19-11-12/h1-4,7,10-11,18H,5-6,8-9H2. The number of halogens is 2. The molecule has 0 fully saturated rings. The maximum Gasteiger partial charge on any atom is 0.0453 e. The second kappa shape index (κ2) is 7.49. The monoisotopic (exact) mass is 294 g/mol. The first-order chi connectivity index (χ1) is 9.25. The van der Waals surface area contributed by atoms with E-state index in [0.717, 1.165) is 36.5 Å². The lowest BCUT2D eigenvalue weighted by Gasteiger charge is -2.07. The van der Waals surface area contributed by atoms with Crippen LogP contribution in [0.25, 0.3) is 0 Å². The summed E-state index contributed by atoms with van der Waals surface area (Å²) < 4.78 is 0. The van der Waals surface area contributed by atoms with Gasteiger partial charge in [-0.25, -0.2) is 0 Å². The van der Waals surface area contributed by atoms with Crippen LogP contribution >= 0.6 is 23.2 Å². The molecule has 2 rings (SSSR count). The summed E-state index contributed by atoms with van der Waals surface area (Å²) in [6.45, 7) is 1.85. The van der Waals surface area contributed by atoms with Crippen LogP contribution < -0.4 is 5.32 Å². The SMILES string of the molecule is Clc1ccc(CCNCCc2cccnc2)c(Cl)c1. The van der Waals surface area contributed by atoms with Gasteiger partial charge in [-0.2, -0.15) is 0 Å². The molecule has 1 aromatic heterocycles. The Morgan fingerprint density at radius 3 is 2.63 bits per heavy atom. The van der Waals surface area contributed by atoms with Gasteiger partial charge in [0, 0.05) is 22.4 Å². The number of nitrogens with zero attached hydrogens (tertiary/aromatic N) is 1. The van der Waals surface area contributed by atoms with Crippen molar-refractivity contribution in [1.82, 2.24) is 10.3 Å². The summed E-state index contributed by atoms with van der Waals surface area (Å²) in [4.78, 5) is 4.09. The van der Waals surface area contributed by atoms with Crippen molar-refractivity contribution in [3.63, 3.8) is 0 Å². The molecule has 2 nitrogen and oxygen atoms in total. The number of hydrogen-bond acceptors (Lipinski definition) is 2. The van der Waals surface area contributed by atoms with Gasteiger partial charge in [0.05, 0.1) is 0 Å². The molecule has 100 valence electrons. The molecular formula is C15H16Cl2N2. The Labute approximate surface area is 123 Å². The van der Waals surface area contributed by atoms with Gasteiger partial charge in [0.1, 0.15) is 0 Å². The van der Waals surface area contributed by atoms with Gasteiger partial charge in [0.2, 0.25) is 0 Å². The van der Waals surface area contributed by atoms with Crippen molar-refractivity contribution in [2.24, 2.45) is 0 Å². The second-order valence-corrected chi connectivity index (χ2v) is 5.19. The maximum atomic E-state index is 6.12. The Hall–Kier alpha value is -1.09. The normalized spacial score (nSPS) is 10.6. The fourth-order valence-corrected chi connectivity index (χ4v) is 2.35. The topological polar surface area (TPSA) is 24.9 Å². The predicted molar refractivity (Wildman–Crippen MR) is 81.0 cm³/mol. The lowest BCUT2D eigenvalue weighted by molar-refractivity contribution is 0.681. The Kier molecular flexibility index (Phi) is 5.64. The van der Waals surface area contributed by atoms with Crippen LogP contribution in [0.5, 0.6) is 0 Å². The highest BCUT2D eigenvalue weighted by Gasteiger charge is 2.00. The summed E-state index contributed by atoms with van der Waals surface area (Å²) >= 11 is 12.0.